The van der Waals surface area contributed by atoms with E-state index in [0.29, 0.717) is 0 Å². The van der Waals surface area contributed by atoms with Crippen molar-refractivity contribution in [1.29, 1.82) is 0 Å². The number of sulfonamides is 1. The zero-order valence-corrected chi connectivity index (χ0v) is 11.6. The molecule has 0 atom stereocenters. The van der Waals surface area contributed by atoms with Crippen LogP contribution < -0.4 is 5.73 Å². The van der Waals surface area contributed by atoms with Crippen LogP contribution in [0, 0.1) is 12.7 Å². The van der Waals surface area contributed by atoms with Crippen molar-refractivity contribution in [3.05, 3.63) is 36.2 Å². The van der Waals surface area contributed by atoms with Crippen LogP contribution in [0.5, 0.6) is 0 Å². The van der Waals surface area contributed by atoms with Gasteiger partial charge in [0.05, 0.1) is 4.90 Å². The SMILES string of the molecule is C=CCN(C1CC1)S(=O)(=O)c1cc(N)cc(F)c1C. The molecule has 1 aliphatic rings. The van der Waals surface area contributed by atoms with Crippen molar-refractivity contribution in [3.8, 4) is 0 Å². The van der Waals surface area contributed by atoms with Crippen LogP contribution in [0.1, 0.15) is 18.4 Å². The Morgan fingerprint density at radius 2 is 2.16 bits per heavy atom. The summed E-state index contributed by atoms with van der Waals surface area (Å²) >= 11 is 0. The lowest BCUT2D eigenvalue weighted by atomic mass is 10.2. The van der Waals surface area contributed by atoms with Gasteiger partial charge in [-0.2, -0.15) is 4.31 Å². The average Bonchev–Trinajstić information content (AvgIpc) is 3.14. The highest BCUT2D eigenvalue weighted by Gasteiger charge is 2.38. The minimum Gasteiger partial charge on any atom is -0.399 e. The monoisotopic (exact) mass is 284 g/mol. The van der Waals surface area contributed by atoms with Crippen LogP contribution in [0.4, 0.5) is 10.1 Å². The number of anilines is 1. The molecular weight excluding hydrogens is 267 g/mol. The molecular formula is C13H17FN2O2S. The second-order valence-electron chi connectivity index (χ2n) is 4.72. The summed E-state index contributed by atoms with van der Waals surface area (Å²) in [6.07, 6.45) is 3.20. The molecule has 104 valence electrons. The second kappa shape index (κ2) is 4.94. The van der Waals surface area contributed by atoms with Crippen LogP contribution >= 0.6 is 0 Å². The third-order valence-electron chi connectivity index (χ3n) is 3.17. The fraction of sp³-hybridized carbons (Fsp3) is 0.385. The number of halogens is 1. The van der Waals surface area contributed by atoms with Gasteiger partial charge in [-0.05, 0) is 31.9 Å². The minimum atomic E-state index is -3.73. The topological polar surface area (TPSA) is 63.4 Å². The maximum absolute atomic E-state index is 13.7. The number of benzene rings is 1. The molecule has 0 saturated heterocycles. The highest BCUT2D eigenvalue weighted by molar-refractivity contribution is 7.89. The van der Waals surface area contributed by atoms with Crippen molar-refractivity contribution in [2.75, 3.05) is 12.3 Å². The van der Waals surface area contributed by atoms with Gasteiger partial charge in [-0.25, -0.2) is 12.8 Å². The van der Waals surface area contributed by atoms with Crippen LogP contribution in [0.15, 0.2) is 29.7 Å². The third kappa shape index (κ3) is 2.64. The van der Waals surface area contributed by atoms with E-state index in [2.05, 4.69) is 6.58 Å². The number of nitrogens with zero attached hydrogens (tertiary/aromatic N) is 1. The summed E-state index contributed by atoms with van der Waals surface area (Å²) in [5, 5.41) is 0. The Hall–Kier alpha value is -1.40. The number of hydrogen-bond donors (Lipinski definition) is 1. The van der Waals surface area contributed by atoms with Crippen LogP contribution in [0.2, 0.25) is 0 Å². The first-order valence-electron chi connectivity index (χ1n) is 6.06. The molecule has 1 saturated carbocycles. The average molecular weight is 284 g/mol. The lowest BCUT2D eigenvalue weighted by Crippen LogP contribution is -2.33. The van der Waals surface area contributed by atoms with Gasteiger partial charge in [0.15, 0.2) is 0 Å². The van der Waals surface area contributed by atoms with Crippen molar-refractivity contribution in [1.82, 2.24) is 4.31 Å². The number of rotatable bonds is 5. The summed E-state index contributed by atoms with van der Waals surface area (Å²) in [4.78, 5) is -0.0567. The molecule has 2 rings (SSSR count). The van der Waals surface area contributed by atoms with Gasteiger partial charge in [0.2, 0.25) is 10.0 Å². The van der Waals surface area contributed by atoms with E-state index in [-0.39, 0.29) is 28.7 Å². The van der Waals surface area contributed by atoms with Crippen LogP contribution in [0.25, 0.3) is 0 Å². The Balaban J connectivity index is 2.51. The summed E-state index contributed by atoms with van der Waals surface area (Å²) in [6, 6.07) is 2.43. The second-order valence-corrected chi connectivity index (χ2v) is 6.58. The molecule has 0 aliphatic heterocycles. The van der Waals surface area contributed by atoms with Gasteiger partial charge in [0.25, 0.3) is 0 Å². The van der Waals surface area contributed by atoms with Gasteiger partial charge < -0.3 is 5.73 Å². The third-order valence-corrected chi connectivity index (χ3v) is 5.21. The molecule has 0 bridgehead atoms. The van der Waals surface area contributed by atoms with E-state index < -0.39 is 15.8 Å². The summed E-state index contributed by atoms with van der Waals surface area (Å²) in [6.45, 7) is 5.24. The molecule has 6 heteroatoms. The van der Waals surface area contributed by atoms with E-state index in [1.54, 1.807) is 0 Å². The first-order chi connectivity index (χ1) is 8.87. The molecule has 0 unspecified atom stereocenters. The first kappa shape index (κ1) is 14.0. The Bertz CT molecular complexity index is 609. The van der Waals surface area contributed by atoms with Gasteiger partial charge in [0.1, 0.15) is 5.82 Å². The van der Waals surface area contributed by atoms with Crippen LogP contribution in [0.3, 0.4) is 0 Å². The highest BCUT2D eigenvalue weighted by atomic mass is 32.2. The van der Waals surface area contributed by atoms with Crippen molar-refractivity contribution in [3.63, 3.8) is 0 Å². The smallest absolute Gasteiger partial charge is 0.244 e. The minimum absolute atomic E-state index is 0.00751. The number of hydrogen-bond acceptors (Lipinski definition) is 3. The molecule has 1 aromatic carbocycles. The van der Waals surface area contributed by atoms with E-state index >= 15 is 0 Å². The molecule has 1 aromatic rings. The maximum Gasteiger partial charge on any atom is 0.244 e. The Morgan fingerprint density at radius 3 is 2.68 bits per heavy atom. The van der Waals surface area contributed by atoms with E-state index in [9.17, 15) is 12.8 Å². The molecule has 4 nitrogen and oxygen atoms in total. The molecule has 0 radical (unpaired) electrons. The molecule has 1 fully saturated rings. The largest absolute Gasteiger partial charge is 0.399 e. The molecule has 2 N–H and O–H groups in total. The fourth-order valence-electron chi connectivity index (χ4n) is 2.00. The summed E-state index contributed by atoms with van der Waals surface area (Å²) in [5.74, 6) is -0.604. The molecule has 0 spiro atoms. The van der Waals surface area contributed by atoms with E-state index in [1.807, 2.05) is 0 Å². The van der Waals surface area contributed by atoms with E-state index in [4.69, 9.17) is 5.73 Å². The highest BCUT2D eigenvalue weighted by Crippen LogP contribution is 2.33. The normalized spacial score (nSPS) is 15.7. The van der Waals surface area contributed by atoms with Gasteiger partial charge in [-0.15, -0.1) is 6.58 Å². The predicted octanol–water partition coefficient (Wildman–Crippen LogP) is 2.06. The standard InChI is InChI=1S/C13H17FN2O2S/c1-3-6-16(11-4-5-11)19(17,18)13-8-10(15)7-12(14)9(13)2/h3,7-8,11H,1,4-6,15H2,2H3. The molecule has 0 aromatic heterocycles. The number of nitrogen functional groups attached to an aromatic ring is 1. The Labute approximate surface area is 112 Å². The summed E-state index contributed by atoms with van der Waals surface area (Å²) < 4.78 is 40.2. The lowest BCUT2D eigenvalue weighted by molar-refractivity contribution is 0.435. The molecule has 0 amide bonds. The van der Waals surface area contributed by atoms with Gasteiger partial charge in [-0.1, -0.05) is 6.08 Å². The fourth-order valence-corrected chi connectivity index (χ4v) is 3.93. The zero-order chi connectivity index (χ0) is 14.2. The van der Waals surface area contributed by atoms with Crippen molar-refractivity contribution in [2.45, 2.75) is 30.7 Å². The molecule has 0 heterocycles. The Morgan fingerprint density at radius 1 is 1.53 bits per heavy atom. The predicted molar refractivity (Wildman–Crippen MR) is 72.7 cm³/mol. The van der Waals surface area contributed by atoms with Gasteiger partial charge in [0, 0.05) is 23.8 Å². The van der Waals surface area contributed by atoms with E-state index in [0.717, 1.165) is 18.9 Å². The van der Waals surface area contributed by atoms with Crippen LogP contribution in [-0.2, 0) is 10.0 Å². The lowest BCUT2D eigenvalue weighted by Gasteiger charge is -2.21. The first-order valence-corrected chi connectivity index (χ1v) is 7.50. The van der Waals surface area contributed by atoms with Crippen molar-refractivity contribution < 1.29 is 12.8 Å². The summed E-state index contributed by atoms with van der Waals surface area (Å²) in [5.41, 5.74) is 5.76. The van der Waals surface area contributed by atoms with Gasteiger partial charge >= 0.3 is 0 Å². The maximum atomic E-state index is 13.7. The Kier molecular flexibility index (Phi) is 3.64. The molecule has 19 heavy (non-hydrogen) atoms. The quantitative estimate of drug-likeness (QED) is 0.665. The molecule has 1 aliphatic carbocycles. The van der Waals surface area contributed by atoms with E-state index in [1.165, 1.54) is 23.4 Å². The van der Waals surface area contributed by atoms with Crippen molar-refractivity contribution >= 4 is 15.7 Å². The van der Waals surface area contributed by atoms with Crippen molar-refractivity contribution in [2.24, 2.45) is 0 Å². The zero-order valence-electron chi connectivity index (χ0n) is 10.8. The van der Waals surface area contributed by atoms with Gasteiger partial charge in [-0.3, -0.25) is 0 Å². The number of nitrogens with two attached hydrogens (primary N) is 1. The van der Waals surface area contributed by atoms with Crippen LogP contribution in [-0.4, -0.2) is 25.3 Å². The summed E-state index contributed by atoms with van der Waals surface area (Å²) in [7, 11) is -3.73.